The van der Waals surface area contributed by atoms with Crippen LogP contribution in [0.2, 0.25) is 0 Å². The first-order valence-electron chi connectivity index (χ1n) is 6.32. The van der Waals surface area contributed by atoms with E-state index in [1.54, 1.807) is 0 Å². The minimum absolute atomic E-state index is 0.105. The van der Waals surface area contributed by atoms with Crippen molar-refractivity contribution in [1.29, 1.82) is 0 Å². The van der Waals surface area contributed by atoms with Gasteiger partial charge in [0.15, 0.2) is 0 Å². The highest BCUT2D eigenvalue weighted by molar-refractivity contribution is 5.87. The Morgan fingerprint density at radius 1 is 1.14 bits per heavy atom. The Balaban J connectivity index is 2.69. The molecule has 2 rings (SSSR count). The second-order valence-electron chi connectivity index (χ2n) is 5.52. The summed E-state index contributed by atoms with van der Waals surface area (Å²) in [6.07, 6.45) is 2.23. The van der Waals surface area contributed by atoms with Gasteiger partial charge >= 0.3 is 11.9 Å². The van der Waals surface area contributed by atoms with Crippen LogP contribution in [0.25, 0.3) is 0 Å². The predicted molar refractivity (Wildman–Crippen MR) is 69.8 cm³/mol. The maximum absolute atomic E-state index is 14.0. The van der Waals surface area contributed by atoms with Crippen LogP contribution in [0.1, 0.15) is 25.3 Å². The van der Waals surface area contributed by atoms with Crippen molar-refractivity contribution in [1.82, 2.24) is 0 Å². The highest BCUT2D eigenvalue weighted by Gasteiger charge is 2.51. The minimum atomic E-state index is -2.03. The van der Waals surface area contributed by atoms with Crippen molar-refractivity contribution in [2.24, 2.45) is 5.41 Å². The van der Waals surface area contributed by atoms with Crippen molar-refractivity contribution in [2.75, 3.05) is 0 Å². The number of carbonyl (C=O) groups is 2. The summed E-state index contributed by atoms with van der Waals surface area (Å²) in [6.45, 7) is 1.37. The molecule has 2 unspecified atom stereocenters. The maximum atomic E-state index is 14.0. The molecule has 2 N–H and O–H groups in total. The van der Waals surface area contributed by atoms with Crippen molar-refractivity contribution in [3.05, 3.63) is 47.5 Å². The van der Waals surface area contributed by atoms with Gasteiger partial charge in [0.25, 0.3) is 0 Å². The van der Waals surface area contributed by atoms with E-state index in [9.17, 15) is 28.6 Å². The number of carboxylic acids is 2. The highest BCUT2D eigenvalue weighted by Crippen LogP contribution is 2.46. The summed E-state index contributed by atoms with van der Waals surface area (Å²) in [5.74, 6) is -4.68. The van der Waals surface area contributed by atoms with E-state index >= 15 is 0 Å². The largest absolute Gasteiger partial charge is 0.481 e. The van der Waals surface area contributed by atoms with Crippen LogP contribution >= 0.6 is 0 Å². The molecule has 0 aliphatic heterocycles. The molecular formula is C15H14F2O4. The van der Waals surface area contributed by atoms with E-state index in [1.165, 1.54) is 19.1 Å². The summed E-state index contributed by atoms with van der Waals surface area (Å²) >= 11 is 0. The van der Waals surface area contributed by atoms with Gasteiger partial charge < -0.3 is 10.2 Å². The fraction of sp³-hybridized carbons (Fsp3) is 0.333. The molecule has 6 heteroatoms. The molecule has 0 amide bonds. The van der Waals surface area contributed by atoms with E-state index in [-0.39, 0.29) is 6.42 Å². The summed E-state index contributed by atoms with van der Waals surface area (Å²) in [5, 5.41) is 18.8. The zero-order valence-electron chi connectivity index (χ0n) is 11.3. The van der Waals surface area contributed by atoms with Crippen LogP contribution in [0.5, 0.6) is 0 Å². The lowest BCUT2D eigenvalue weighted by Crippen LogP contribution is -2.45. The van der Waals surface area contributed by atoms with Crippen molar-refractivity contribution in [2.45, 2.75) is 25.2 Å². The molecular weight excluding hydrogens is 282 g/mol. The predicted octanol–water partition coefficient (Wildman–Crippen LogP) is 2.73. The molecule has 0 fully saturated rings. The number of aliphatic carboxylic acids is 2. The Morgan fingerprint density at radius 3 is 2.19 bits per heavy atom. The fourth-order valence-corrected chi connectivity index (χ4v) is 2.78. The van der Waals surface area contributed by atoms with Crippen LogP contribution in [-0.2, 0) is 15.0 Å². The molecule has 1 aromatic rings. The van der Waals surface area contributed by atoms with E-state index in [0.717, 1.165) is 18.2 Å². The fourth-order valence-electron chi connectivity index (χ4n) is 2.78. The quantitative estimate of drug-likeness (QED) is 0.841. The Hall–Kier alpha value is -2.24. The van der Waals surface area contributed by atoms with Crippen LogP contribution in [0, 0.1) is 17.0 Å². The zero-order chi connectivity index (χ0) is 15.8. The molecule has 1 aromatic carbocycles. The van der Waals surface area contributed by atoms with Gasteiger partial charge in [0, 0.05) is 5.56 Å². The van der Waals surface area contributed by atoms with Gasteiger partial charge in [-0.1, -0.05) is 18.2 Å². The molecule has 4 nitrogen and oxygen atoms in total. The first-order valence-corrected chi connectivity index (χ1v) is 6.32. The SMILES string of the molecule is CC1(C(=O)O)CC=CC(C(=O)O)(c2c(F)cccc2F)C1. The molecule has 0 saturated heterocycles. The van der Waals surface area contributed by atoms with Gasteiger partial charge in [-0.3, -0.25) is 9.59 Å². The van der Waals surface area contributed by atoms with Gasteiger partial charge in [-0.15, -0.1) is 0 Å². The normalized spacial score (nSPS) is 28.3. The van der Waals surface area contributed by atoms with Crippen molar-refractivity contribution >= 4 is 11.9 Å². The third-order valence-electron chi connectivity index (χ3n) is 3.95. The van der Waals surface area contributed by atoms with Crippen LogP contribution in [-0.4, -0.2) is 22.2 Å². The molecule has 0 bridgehead atoms. The smallest absolute Gasteiger partial charge is 0.318 e. The van der Waals surface area contributed by atoms with Crippen LogP contribution in [0.3, 0.4) is 0 Å². The Bertz CT molecular complexity index is 620. The summed E-state index contributed by atoms with van der Waals surface area (Å²) in [4.78, 5) is 23.1. The molecule has 0 saturated carbocycles. The van der Waals surface area contributed by atoms with E-state index in [4.69, 9.17) is 0 Å². The van der Waals surface area contributed by atoms with Gasteiger partial charge in [0.05, 0.1) is 5.41 Å². The molecule has 0 radical (unpaired) electrons. The van der Waals surface area contributed by atoms with Gasteiger partial charge in [0.1, 0.15) is 17.0 Å². The average molecular weight is 296 g/mol. The third kappa shape index (κ3) is 2.30. The van der Waals surface area contributed by atoms with E-state index in [1.807, 2.05) is 0 Å². The second-order valence-corrected chi connectivity index (χ2v) is 5.52. The van der Waals surface area contributed by atoms with Gasteiger partial charge in [0.2, 0.25) is 0 Å². The van der Waals surface area contributed by atoms with E-state index < -0.39 is 46.4 Å². The number of rotatable bonds is 3. The van der Waals surface area contributed by atoms with E-state index in [2.05, 4.69) is 0 Å². The summed E-state index contributed by atoms with van der Waals surface area (Å²) in [7, 11) is 0. The van der Waals surface area contributed by atoms with Crippen LogP contribution in [0.4, 0.5) is 8.78 Å². The summed E-state index contributed by atoms with van der Waals surface area (Å²) < 4.78 is 28.0. The van der Waals surface area contributed by atoms with Crippen molar-refractivity contribution in [3.63, 3.8) is 0 Å². The monoisotopic (exact) mass is 296 g/mol. The van der Waals surface area contributed by atoms with Crippen LogP contribution in [0.15, 0.2) is 30.4 Å². The van der Waals surface area contributed by atoms with Crippen molar-refractivity contribution in [3.8, 4) is 0 Å². The molecule has 1 aliphatic carbocycles. The molecule has 2 atom stereocenters. The number of allylic oxidation sites excluding steroid dienone is 1. The number of hydrogen-bond acceptors (Lipinski definition) is 2. The average Bonchev–Trinajstić information content (AvgIpc) is 2.38. The first-order chi connectivity index (χ1) is 9.73. The zero-order valence-corrected chi connectivity index (χ0v) is 11.3. The Labute approximate surface area is 119 Å². The minimum Gasteiger partial charge on any atom is -0.481 e. The summed E-state index contributed by atoms with van der Waals surface area (Å²) in [5.41, 5.74) is -4.05. The second kappa shape index (κ2) is 4.95. The lowest BCUT2D eigenvalue weighted by Gasteiger charge is -2.38. The highest BCUT2D eigenvalue weighted by atomic mass is 19.1. The number of carboxylic acid groups (broad SMARTS) is 2. The summed E-state index contributed by atoms with van der Waals surface area (Å²) in [6, 6.07) is 3.06. The first kappa shape index (κ1) is 15.2. The number of benzene rings is 1. The molecule has 0 heterocycles. The molecule has 0 spiro atoms. The van der Waals surface area contributed by atoms with Crippen LogP contribution < -0.4 is 0 Å². The van der Waals surface area contributed by atoms with Crippen molar-refractivity contribution < 1.29 is 28.6 Å². The lowest BCUT2D eigenvalue weighted by atomic mass is 9.63. The molecule has 112 valence electrons. The van der Waals surface area contributed by atoms with Gasteiger partial charge in [-0.25, -0.2) is 8.78 Å². The number of hydrogen-bond donors (Lipinski definition) is 2. The molecule has 21 heavy (non-hydrogen) atoms. The Morgan fingerprint density at radius 2 is 1.71 bits per heavy atom. The molecule has 1 aliphatic rings. The Kier molecular flexibility index (Phi) is 3.57. The maximum Gasteiger partial charge on any atom is 0.318 e. The standard InChI is InChI=1S/C15H14F2O4/c1-14(12(18)19)6-3-7-15(8-14,13(20)21)11-9(16)4-2-5-10(11)17/h2-5,7H,6,8H2,1H3,(H,18,19)(H,20,21). The van der Waals surface area contributed by atoms with E-state index in [0.29, 0.717) is 0 Å². The van der Waals surface area contributed by atoms with Gasteiger partial charge in [-0.2, -0.15) is 0 Å². The third-order valence-corrected chi connectivity index (χ3v) is 3.95. The lowest BCUT2D eigenvalue weighted by molar-refractivity contribution is -0.152. The van der Waals surface area contributed by atoms with Gasteiger partial charge in [-0.05, 0) is 31.9 Å². The topological polar surface area (TPSA) is 74.6 Å². The molecule has 0 aromatic heterocycles. The number of halogens is 2.